The number of likely N-dealkylation sites (tertiary alicyclic amines) is 1. The van der Waals surface area contributed by atoms with Crippen molar-refractivity contribution in [2.75, 3.05) is 20.2 Å². The largest absolute Gasteiger partial charge is 0.486 e. The van der Waals surface area contributed by atoms with Gasteiger partial charge < -0.3 is 14.4 Å². The molecule has 0 aliphatic carbocycles. The fourth-order valence-electron chi connectivity index (χ4n) is 2.88. The molecule has 3 rings (SSSR count). The van der Waals surface area contributed by atoms with Crippen LogP contribution in [-0.2, 0) is 22.6 Å². The lowest BCUT2D eigenvalue weighted by Crippen LogP contribution is -2.41. The van der Waals surface area contributed by atoms with Crippen molar-refractivity contribution in [2.24, 2.45) is 0 Å². The second kappa shape index (κ2) is 8.45. The number of rotatable bonds is 6. The van der Waals surface area contributed by atoms with Crippen LogP contribution in [0.15, 0.2) is 29.6 Å². The van der Waals surface area contributed by atoms with E-state index in [1.165, 1.54) is 16.9 Å². The number of piperidine rings is 1. The van der Waals surface area contributed by atoms with Crippen molar-refractivity contribution < 1.29 is 14.3 Å². The van der Waals surface area contributed by atoms with Crippen LogP contribution in [0.1, 0.15) is 29.1 Å². The molecule has 1 saturated heterocycles. The highest BCUT2D eigenvalue weighted by atomic mass is 32.1. The second-order valence-corrected chi connectivity index (χ2v) is 7.27. The molecule has 5 nitrogen and oxygen atoms in total. The molecule has 6 heteroatoms. The van der Waals surface area contributed by atoms with Crippen LogP contribution in [0.2, 0.25) is 0 Å². The summed E-state index contributed by atoms with van der Waals surface area (Å²) in [6.45, 7) is 4.02. The van der Waals surface area contributed by atoms with Crippen LogP contribution >= 0.6 is 11.3 Å². The lowest BCUT2D eigenvalue weighted by molar-refractivity contribution is -0.132. The average Bonchev–Trinajstić information content (AvgIpc) is 3.08. The van der Waals surface area contributed by atoms with Gasteiger partial charge in [-0.3, -0.25) is 4.79 Å². The SMILES string of the molecule is COC1CCN(C(=O)Cc2csc(COc3ccc(C)cc3)n2)CC1. The molecule has 1 aromatic carbocycles. The Hall–Kier alpha value is -1.92. The molecular weight excluding hydrogens is 336 g/mol. The molecule has 1 aliphatic heterocycles. The van der Waals surface area contributed by atoms with Crippen molar-refractivity contribution in [1.29, 1.82) is 0 Å². The predicted molar refractivity (Wildman–Crippen MR) is 97.9 cm³/mol. The molecule has 1 aromatic heterocycles. The van der Waals surface area contributed by atoms with E-state index in [-0.39, 0.29) is 12.0 Å². The molecule has 0 unspecified atom stereocenters. The highest BCUT2D eigenvalue weighted by molar-refractivity contribution is 7.09. The smallest absolute Gasteiger partial charge is 0.228 e. The molecule has 0 bridgehead atoms. The van der Waals surface area contributed by atoms with Gasteiger partial charge in [0.2, 0.25) is 5.91 Å². The number of nitrogens with zero attached hydrogens (tertiary/aromatic N) is 2. The van der Waals surface area contributed by atoms with Gasteiger partial charge in [0, 0.05) is 25.6 Å². The lowest BCUT2D eigenvalue weighted by Gasteiger charge is -2.31. The first-order chi connectivity index (χ1) is 12.1. The van der Waals surface area contributed by atoms with E-state index in [9.17, 15) is 4.79 Å². The third kappa shape index (κ3) is 5.03. The maximum absolute atomic E-state index is 12.4. The van der Waals surface area contributed by atoms with Crippen LogP contribution in [0.25, 0.3) is 0 Å². The zero-order chi connectivity index (χ0) is 17.6. The van der Waals surface area contributed by atoms with Crippen LogP contribution in [-0.4, -0.2) is 42.1 Å². The number of methoxy groups -OCH3 is 1. The van der Waals surface area contributed by atoms with E-state index in [2.05, 4.69) is 4.98 Å². The molecule has 0 saturated carbocycles. The topological polar surface area (TPSA) is 51.7 Å². The fraction of sp³-hybridized carbons (Fsp3) is 0.474. The highest BCUT2D eigenvalue weighted by Crippen LogP contribution is 2.18. The third-order valence-corrected chi connectivity index (χ3v) is 5.31. The van der Waals surface area contributed by atoms with Crippen LogP contribution in [0.3, 0.4) is 0 Å². The molecule has 0 atom stereocenters. The number of ether oxygens (including phenoxy) is 2. The molecule has 2 aromatic rings. The van der Waals surface area contributed by atoms with Gasteiger partial charge in [-0.2, -0.15) is 0 Å². The minimum Gasteiger partial charge on any atom is -0.486 e. The first-order valence-corrected chi connectivity index (χ1v) is 9.45. The zero-order valence-corrected chi connectivity index (χ0v) is 15.6. The number of hydrogen-bond acceptors (Lipinski definition) is 5. The Morgan fingerprint density at radius 1 is 1.28 bits per heavy atom. The van der Waals surface area contributed by atoms with Gasteiger partial charge in [0.25, 0.3) is 0 Å². The maximum atomic E-state index is 12.4. The Morgan fingerprint density at radius 2 is 2.00 bits per heavy atom. The summed E-state index contributed by atoms with van der Waals surface area (Å²) in [7, 11) is 1.73. The fourth-order valence-corrected chi connectivity index (χ4v) is 3.59. The number of carbonyl (C=O) groups excluding carboxylic acids is 1. The standard InChI is InChI=1S/C19H24N2O3S/c1-14-3-5-17(6-4-14)24-12-18-20-15(13-25-18)11-19(22)21-9-7-16(23-2)8-10-21/h3-6,13,16H,7-12H2,1-2H3. The van der Waals surface area contributed by atoms with Crippen LogP contribution in [0.5, 0.6) is 5.75 Å². The van der Waals surface area contributed by atoms with Gasteiger partial charge in [0.15, 0.2) is 0 Å². The highest BCUT2D eigenvalue weighted by Gasteiger charge is 2.23. The first kappa shape index (κ1) is 17.9. The summed E-state index contributed by atoms with van der Waals surface area (Å²) >= 11 is 1.54. The molecule has 0 spiro atoms. The average molecular weight is 360 g/mol. The van der Waals surface area contributed by atoms with Gasteiger partial charge in [-0.25, -0.2) is 4.98 Å². The summed E-state index contributed by atoms with van der Waals surface area (Å²) in [4.78, 5) is 18.8. The summed E-state index contributed by atoms with van der Waals surface area (Å²) in [5.41, 5.74) is 2.03. The van der Waals surface area contributed by atoms with E-state index < -0.39 is 0 Å². The summed E-state index contributed by atoms with van der Waals surface area (Å²) < 4.78 is 11.1. The Labute approximate surface area is 152 Å². The van der Waals surface area contributed by atoms with Crippen LogP contribution in [0, 0.1) is 6.92 Å². The number of aromatic nitrogens is 1. The normalized spacial score (nSPS) is 15.4. The van der Waals surface area contributed by atoms with Crippen LogP contribution in [0.4, 0.5) is 0 Å². The number of aryl methyl sites for hydroxylation is 1. The monoisotopic (exact) mass is 360 g/mol. The van der Waals surface area contributed by atoms with E-state index in [1.54, 1.807) is 7.11 Å². The number of amides is 1. The van der Waals surface area contributed by atoms with Crippen molar-refractivity contribution in [3.63, 3.8) is 0 Å². The Bertz CT molecular complexity index is 691. The molecule has 1 amide bonds. The molecular formula is C19H24N2O3S. The van der Waals surface area contributed by atoms with E-state index >= 15 is 0 Å². The van der Waals surface area contributed by atoms with Gasteiger partial charge in [-0.05, 0) is 31.9 Å². The number of hydrogen-bond donors (Lipinski definition) is 0. The minimum absolute atomic E-state index is 0.144. The molecule has 25 heavy (non-hydrogen) atoms. The maximum Gasteiger partial charge on any atom is 0.228 e. The van der Waals surface area contributed by atoms with Crippen molar-refractivity contribution in [3.8, 4) is 5.75 Å². The van der Waals surface area contributed by atoms with Crippen molar-refractivity contribution >= 4 is 17.2 Å². The number of thiazole rings is 1. The summed E-state index contributed by atoms with van der Waals surface area (Å²) in [6, 6.07) is 7.95. The van der Waals surface area contributed by atoms with Gasteiger partial charge in [-0.1, -0.05) is 17.7 Å². The van der Waals surface area contributed by atoms with E-state index in [4.69, 9.17) is 9.47 Å². The first-order valence-electron chi connectivity index (χ1n) is 8.57. The van der Waals surface area contributed by atoms with Crippen LogP contribution < -0.4 is 4.74 Å². The molecule has 1 aliphatic rings. The van der Waals surface area contributed by atoms with Crippen molar-refractivity contribution in [1.82, 2.24) is 9.88 Å². The van der Waals surface area contributed by atoms with Gasteiger partial charge in [0.1, 0.15) is 17.4 Å². The molecule has 2 heterocycles. The van der Waals surface area contributed by atoms with E-state index in [1.807, 2.05) is 41.5 Å². The Balaban J connectivity index is 1.48. The lowest BCUT2D eigenvalue weighted by atomic mass is 10.1. The van der Waals surface area contributed by atoms with Gasteiger partial charge >= 0.3 is 0 Å². The van der Waals surface area contributed by atoms with Crippen molar-refractivity contribution in [2.45, 2.75) is 38.9 Å². The Morgan fingerprint density at radius 3 is 2.68 bits per heavy atom. The van der Waals surface area contributed by atoms with E-state index in [0.29, 0.717) is 13.0 Å². The number of benzene rings is 1. The summed E-state index contributed by atoms with van der Waals surface area (Å²) in [5, 5.41) is 2.84. The van der Waals surface area contributed by atoms with Gasteiger partial charge in [-0.15, -0.1) is 11.3 Å². The molecule has 134 valence electrons. The Kier molecular flexibility index (Phi) is 6.04. The molecule has 0 N–H and O–H groups in total. The molecule has 0 radical (unpaired) electrons. The predicted octanol–water partition coefficient (Wildman–Crippen LogP) is 3.21. The quantitative estimate of drug-likeness (QED) is 0.794. The minimum atomic E-state index is 0.144. The van der Waals surface area contributed by atoms with Gasteiger partial charge in [0.05, 0.1) is 18.2 Å². The molecule has 1 fully saturated rings. The summed E-state index contributed by atoms with van der Waals surface area (Å²) in [6.07, 6.45) is 2.47. The number of carbonyl (C=O) groups is 1. The van der Waals surface area contributed by atoms with Crippen molar-refractivity contribution in [3.05, 3.63) is 45.9 Å². The summed E-state index contributed by atoms with van der Waals surface area (Å²) in [5.74, 6) is 0.977. The zero-order valence-electron chi connectivity index (χ0n) is 14.7. The van der Waals surface area contributed by atoms with E-state index in [0.717, 1.165) is 42.4 Å². The third-order valence-electron chi connectivity index (χ3n) is 4.44. The second-order valence-electron chi connectivity index (χ2n) is 6.33.